The van der Waals surface area contributed by atoms with Crippen molar-refractivity contribution < 1.29 is 19.8 Å². The molecular weight excluding hydrogens is 212 g/mol. The fourth-order valence-corrected chi connectivity index (χ4v) is 0.944. The third-order valence-electron chi connectivity index (χ3n) is 1.75. The van der Waals surface area contributed by atoms with Crippen LogP contribution < -0.4 is 10.6 Å². The van der Waals surface area contributed by atoms with Crippen molar-refractivity contribution >= 4 is 12.0 Å². The van der Waals surface area contributed by atoms with Crippen molar-refractivity contribution in [2.24, 2.45) is 0 Å². The van der Waals surface area contributed by atoms with E-state index in [2.05, 4.69) is 22.5 Å². The lowest BCUT2D eigenvalue weighted by atomic mass is 10.2. The largest absolute Gasteiger partial charge is 0.480 e. The van der Waals surface area contributed by atoms with Crippen LogP contribution in [0.25, 0.3) is 0 Å². The zero-order valence-corrected chi connectivity index (χ0v) is 9.28. The van der Waals surface area contributed by atoms with Gasteiger partial charge in [0.25, 0.3) is 0 Å². The van der Waals surface area contributed by atoms with E-state index in [0.717, 1.165) is 0 Å². The predicted octanol–water partition coefficient (Wildman–Crippen LogP) is -0.467. The fourth-order valence-electron chi connectivity index (χ4n) is 0.944. The number of carboxylic acids is 1. The molecule has 0 aliphatic carbocycles. The number of hydrogen-bond donors (Lipinski definition) is 4. The number of carbonyl (C=O) groups is 2. The molecule has 4 N–H and O–H groups in total. The Bertz CT molecular complexity index is 304. The first kappa shape index (κ1) is 14.3. The van der Waals surface area contributed by atoms with Crippen LogP contribution in [-0.2, 0) is 4.79 Å². The summed E-state index contributed by atoms with van der Waals surface area (Å²) >= 11 is 0. The second-order valence-electron chi connectivity index (χ2n) is 3.13. The molecule has 2 amide bonds. The van der Waals surface area contributed by atoms with Crippen molar-refractivity contribution in [3.8, 4) is 11.8 Å². The lowest BCUT2D eigenvalue weighted by molar-refractivity contribution is -0.141. The van der Waals surface area contributed by atoms with Gasteiger partial charge in [-0.3, -0.25) is 0 Å². The first-order valence-electron chi connectivity index (χ1n) is 4.84. The van der Waals surface area contributed by atoms with Gasteiger partial charge < -0.3 is 20.8 Å². The Kier molecular flexibility index (Phi) is 6.72. The topological polar surface area (TPSA) is 98.7 Å². The van der Waals surface area contributed by atoms with Crippen LogP contribution in [0.5, 0.6) is 0 Å². The zero-order valence-electron chi connectivity index (χ0n) is 9.28. The lowest BCUT2D eigenvalue weighted by Crippen LogP contribution is -2.51. The number of hydrogen-bond acceptors (Lipinski definition) is 3. The minimum Gasteiger partial charge on any atom is -0.480 e. The predicted molar refractivity (Wildman–Crippen MR) is 57.7 cm³/mol. The van der Waals surface area contributed by atoms with E-state index < -0.39 is 24.1 Å². The number of aliphatic carboxylic acids is 1. The maximum atomic E-state index is 11.2. The van der Waals surface area contributed by atoms with Crippen molar-refractivity contribution in [1.82, 2.24) is 10.6 Å². The Labute approximate surface area is 94.0 Å². The van der Waals surface area contributed by atoms with Crippen LogP contribution >= 0.6 is 0 Å². The van der Waals surface area contributed by atoms with Gasteiger partial charge in [0.05, 0.1) is 6.10 Å². The summed E-state index contributed by atoms with van der Waals surface area (Å²) in [6, 6.07) is -1.94. The highest BCUT2D eigenvalue weighted by Crippen LogP contribution is 1.92. The molecular formula is C10H16N2O4. The van der Waals surface area contributed by atoms with Gasteiger partial charge in [-0.05, 0) is 13.8 Å². The Morgan fingerprint density at radius 2 is 2.06 bits per heavy atom. The van der Waals surface area contributed by atoms with E-state index in [1.807, 2.05) is 0 Å². The molecule has 0 saturated carbocycles. The molecule has 0 radical (unpaired) electrons. The second kappa shape index (κ2) is 7.54. The van der Waals surface area contributed by atoms with E-state index in [1.165, 1.54) is 6.92 Å². The molecule has 0 aliphatic rings. The number of rotatable bonds is 5. The van der Waals surface area contributed by atoms with Crippen LogP contribution in [0.4, 0.5) is 4.79 Å². The van der Waals surface area contributed by atoms with E-state index in [9.17, 15) is 9.59 Å². The molecule has 0 heterocycles. The van der Waals surface area contributed by atoms with Gasteiger partial charge in [0.2, 0.25) is 0 Å². The maximum Gasteiger partial charge on any atom is 0.328 e. The molecule has 0 aromatic heterocycles. The molecule has 6 nitrogen and oxygen atoms in total. The summed E-state index contributed by atoms with van der Waals surface area (Å²) in [6.45, 7) is 3.31. The van der Waals surface area contributed by atoms with E-state index in [0.29, 0.717) is 13.0 Å². The van der Waals surface area contributed by atoms with Crippen LogP contribution in [0.1, 0.15) is 20.3 Å². The van der Waals surface area contributed by atoms with Gasteiger partial charge in [-0.25, -0.2) is 9.59 Å². The van der Waals surface area contributed by atoms with Crippen molar-refractivity contribution in [1.29, 1.82) is 0 Å². The maximum absolute atomic E-state index is 11.2. The van der Waals surface area contributed by atoms with Crippen LogP contribution in [0.15, 0.2) is 0 Å². The molecule has 16 heavy (non-hydrogen) atoms. The molecule has 2 atom stereocenters. The summed E-state index contributed by atoms with van der Waals surface area (Å²) in [6.07, 6.45) is -0.658. The summed E-state index contributed by atoms with van der Waals surface area (Å²) in [7, 11) is 0. The molecule has 0 aliphatic heterocycles. The molecule has 90 valence electrons. The Hall–Kier alpha value is -1.74. The fraction of sp³-hybridized carbons (Fsp3) is 0.600. The van der Waals surface area contributed by atoms with E-state index >= 15 is 0 Å². The van der Waals surface area contributed by atoms with Gasteiger partial charge in [-0.15, -0.1) is 11.8 Å². The van der Waals surface area contributed by atoms with Crippen molar-refractivity contribution in [3.63, 3.8) is 0 Å². The van der Waals surface area contributed by atoms with Gasteiger partial charge in [-0.2, -0.15) is 0 Å². The number of carbonyl (C=O) groups excluding carboxylic acids is 1. The number of carboxylic acid groups (broad SMARTS) is 1. The van der Waals surface area contributed by atoms with E-state index in [1.54, 1.807) is 6.92 Å². The average Bonchev–Trinajstić information content (AvgIpc) is 2.20. The molecule has 0 rings (SSSR count). The van der Waals surface area contributed by atoms with Gasteiger partial charge in [-0.1, -0.05) is 0 Å². The van der Waals surface area contributed by atoms with Gasteiger partial charge >= 0.3 is 12.0 Å². The molecule has 6 heteroatoms. The van der Waals surface area contributed by atoms with Gasteiger partial charge in [0, 0.05) is 13.0 Å². The lowest BCUT2D eigenvalue weighted by Gasteiger charge is -2.17. The molecule has 0 aromatic rings. The van der Waals surface area contributed by atoms with Crippen LogP contribution in [0.2, 0.25) is 0 Å². The average molecular weight is 228 g/mol. The number of nitrogens with one attached hydrogen (secondary N) is 2. The Morgan fingerprint density at radius 3 is 2.50 bits per heavy atom. The highest BCUT2D eigenvalue weighted by molar-refractivity contribution is 5.82. The molecule has 0 saturated heterocycles. The molecule has 0 spiro atoms. The van der Waals surface area contributed by atoms with Crippen LogP contribution in [0.3, 0.4) is 0 Å². The second-order valence-corrected chi connectivity index (χ2v) is 3.13. The summed E-state index contributed by atoms with van der Waals surface area (Å²) in [5.74, 6) is 4.13. The first-order chi connectivity index (χ1) is 7.49. The number of urea groups is 1. The highest BCUT2D eigenvalue weighted by atomic mass is 16.4. The summed E-state index contributed by atoms with van der Waals surface area (Å²) < 4.78 is 0. The SMILES string of the molecule is CC#CCCNC(=O)NC(C(=O)O)C(C)O. The quantitative estimate of drug-likeness (QED) is 0.378. The normalized spacial score (nSPS) is 12.9. The van der Waals surface area contributed by atoms with Crippen molar-refractivity contribution in [3.05, 3.63) is 0 Å². The summed E-state index contributed by atoms with van der Waals surface area (Å²) in [5.41, 5.74) is 0. The van der Waals surface area contributed by atoms with E-state index in [-0.39, 0.29) is 0 Å². The van der Waals surface area contributed by atoms with Gasteiger partial charge in [0.1, 0.15) is 0 Å². The minimum atomic E-state index is -1.31. The van der Waals surface area contributed by atoms with Gasteiger partial charge in [0.15, 0.2) is 6.04 Å². The zero-order chi connectivity index (χ0) is 12.6. The third kappa shape index (κ3) is 5.88. The smallest absolute Gasteiger partial charge is 0.328 e. The first-order valence-corrected chi connectivity index (χ1v) is 4.84. The van der Waals surface area contributed by atoms with Crippen LogP contribution in [-0.4, -0.2) is 40.9 Å². The van der Waals surface area contributed by atoms with Crippen molar-refractivity contribution in [2.45, 2.75) is 32.4 Å². The standard InChI is InChI=1S/C10H16N2O4/c1-3-4-5-6-11-10(16)12-8(7(2)13)9(14)15/h7-8,13H,5-6H2,1-2H3,(H,14,15)(H2,11,12,16). The Morgan fingerprint density at radius 1 is 1.44 bits per heavy atom. The minimum absolute atomic E-state index is 0.332. The Balaban J connectivity index is 3.99. The molecule has 0 aromatic carbocycles. The third-order valence-corrected chi connectivity index (χ3v) is 1.75. The summed E-state index contributed by atoms with van der Waals surface area (Å²) in [5, 5.41) is 22.3. The van der Waals surface area contributed by atoms with Crippen molar-refractivity contribution in [2.75, 3.05) is 6.54 Å². The number of amides is 2. The van der Waals surface area contributed by atoms with E-state index in [4.69, 9.17) is 10.2 Å². The highest BCUT2D eigenvalue weighted by Gasteiger charge is 2.24. The summed E-state index contributed by atoms with van der Waals surface area (Å²) in [4.78, 5) is 21.8. The molecule has 0 bridgehead atoms. The number of aliphatic hydroxyl groups is 1. The van der Waals surface area contributed by atoms with Crippen LogP contribution in [0, 0.1) is 11.8 Å². The molecule has 2 unspecified atom stereocenters. The monoisotopic (exact) mass is 228 g/mol. The molecule has 0 fully saturated rings. The number of aliphatic hydroxyl groups excluding tert-OH is 1.